The average Bonchev–Trinajstić information content (AvgIpc) is 2.45. The fraction of sp³-hybridized carbons (Fsp3) is 0.571. The van der Waals surface area contributed by atoms with Crippen molar-refractivity contribution < 1.29 is 4.92 Å². The molecule has 0 aromatic carbocycles. The van der Waals surface area contributed by atoms with Gasteiger partial charge in [0, 0.05) is 18.7 Å². The average molecular weight is 289 g/mol. The summed E-state index contributed by atoms with van der Waals surface area (Å²) in [7, 11) is 0. The zero-order chi connectivity index (χ0) is 15.5. The molecule has 1 aliphatic rings. The summed E-state index contributed by atoms with van der Waals surface area (Å²) in [5.41, 5.74) is 0.185. The van der Waals surface area contributed by atoms with Gasteiger partial charge in [0.1, 0.15) is 23.6 Å². The SMILES string of the molecule is CC1(C)CCCNC1CNc1ncc([N+](=O)[O-])cc1C#N. The van der Waals surface area contributed by atoms with E-state index in [4.69, 9.17) is 5.26 Å². The third-order valence-electron chi connectivity index (χ3n) is 4.01. The largest absolute Gasteiger partial charge is 0.367 e. The van der Waals surface area contributed by atoms with E-state index in [2.05, 4.69) is 29.5 Å². The molecule has 112 valence electrons. The number of aromatic nitrogens is 1. The standard InChI is InChI=1S/C14H19N5O2/c1-14(2)4-3-5-16-12(14)9-18-13-10(7-15)6-11(8-17-13)19(20)21/h6,8,12,16H,3-5,9H2,1-2H3,(H,17,18). The van der Waals surface area contributed by atoms with Crippen molar-refractivity contribution in [2.24, 2.45) is 5.41 Å². The third-order valence-corrected chi connectivity index (χ3v) is 4.01. The summed E-state index contributed by atoms with van der Waals surface area (Å²) >= 11 is 0. The first-order valence-electron chi connectivity index (χ1n) is 6.96. The number of hydrogen-bond donors (Lipinski definition) is 2. The number of nitrogens with zero attached hydrogens (tertiary/aromatic N) is 3. The van der Waals surface area contributed by atoms with Gasteiger partial charge in [-0.15, -0.1) is 0 Å². The van der Waals surface area contributed by atoms with E-state index >= 15 is 0 Å². The quantitative estimate of drug-likeness (QED) is 0.649. The van der Waals surface area contributed by atoms with Gasteiger partial charge in [0.15, 0.2) is 0 Å². The molecule has 0 amide bonds. The predicted molar refractivity (Wildman–Crippen MR) is 78.9 cm³/mol. The van der Waals surface area contributed by atoms with Gasteiger partial charge in [-0.25, -0.2) is 4.98 Å². The molecule has 21 heavy (non-hydrogen) atoms. The molecule has 0 bridgehead atoms. The summed E-state index contributed by atoms with van der Waals surface area (Å²) in [4.78, 5) is 14.1. The van der Waals surface area contributed by atoms with E-state index in [0.717, 1.165) is 19.4 Å². The van der Waals surface area contributed by atoms with Crippen molar-refractivity contribution in [1.82, 2.24) is 10.3 Å². The number of nitro groups is 1. The molecule has 0 aliphatic carbocycles. The highest BCUT2D eigenvalue weighted by Crippen LogP contribution is 2.30. The van der Waals surface area contributed by atoms with Crippen LogP contribution in [0.3, 0.4) is 0 Å². The Hall–Kier alpha value is -2.20. The van der Waals surface area contributed by atoms with E-state index in [9.17, 15) is 10.1 Å². The molecule has 2 rings (SSSR count). The number of hydrogen-bond acceptors (Lipinski definition) is 6. The van der Waals surface area contributed by atoms with Gasteiger partial charge in [0.2, 0.25) is 0 Å². The first-order valence-corrected chi connectivity index (χ1v) is 6.96. The fourth-order valence-electron chi connectivity index (χ4n) is 2.60. The van der Waals surface area contributed by atoms with E-state index in [1.54, 1.807) is 0 Å². The molecular formula is C14H19N5O2. The summed E-state index contributed by atoms with van der Waals surface area (Å²) in [5, 5.41) is 26.4. The van der Waals surface area contributed by atoms with E-state index in [0.29, 0.717) is 12.4 Å². The zero-order valence-corrected chi connectivity index (χ0v) is 12.2. The van der Waals surface area contributed by atoms with Crippen LogP contribution >= 0.6 is 0 Å². The minimum atomic E-state index is -0.552. The maximum absolute atomic E-state index is 10.7. The van der Waals surface area contributed by atoms with Gasteiger partial charge in [-0.2, -0.15) is 5.26 Å². The second-order valence-corrected chi connectivity index (χ2v) is 5.94. The number of piperidine rings is 1. The topological polar surface area (TPSA) is 104 Å². The Morgan fingerprint density at radius 1 is 1.67 bits per heavy atom. The Morgan fingerprint density at radius 3 is 3.05 bits per heavy atom. The Morgan fingerprint density at radius 2 is 2.43 bits per heavy atom. The highest BCUT2D eigenvalue weighted by Gasteiger charge is 2.31. The van der Waals surface area contributed by atoms with Gasteiger partial charge in [0.05, 0.1) is 4.92 Å². The van der Waals surface area contributed by atoms with Crippen molar-refractivity contribution in [1.29, 1.82) is 5.26 Å². The maximum Gasteiger partial charge on any atom is 0.289 e. The molecule has 1 atom stereocenters. The molecule has 1 aromatic heterocycles. The summed E-state index contributed by atoms with van der Waals surface area (Å²) in [6.07, 6.45) is 3.47. The second kappa shape index (κ2) is 6.06. The van der Waals surface area contributed by atoms with Crippen LogP contribution in [0.1, 0.15) is 32.3 Å². The van der Waals surface area contributed by atoms with Crippen LogP contribution in [-0.4, -0.2) is 29.0 Å². The molecule has 1 aromatic rings. The van der Waals surface area contributed by atoms with Crippen molar-refractivity contribution in [2.45, 2.75) is 32.7 Å². The lowest BCUT2D eigenvalue weighted by Gasteiger charge is -2.39. The summed E-state index contributed by atoms with van der Waals surface area (Å²) in [6.45, 7) is 6.03. The Kier molecular flexibility index (Phi) is 4.38. The fourth-order valence-corrected chi connectivity index (χ4v) is 2.60. The minimum absolute atomic E-state index is 0.166. The minimum Gasteiger partial charge on any atom is -0.367 e. The summed E-state index contributed by atoms with van der Waals surface area (Å²) in [5.74, 6) is 0.395. The normalized spacial score (nSPS) is 20.5. The van der Waals surface area contributed by atoms with Crippen LogP contribution in [-0.2, 0) is 0 Å². The van der Waals surface area contributed by atoms with Crippen molar-refractivity contribution in [3.05, 3.63) is 27.9 Å². The number of pyridine rings is 1. The molecule has 1 fully saturated rings. The van der Waals surface area contributed by atoms with Crippen LogP contribution in [0.5, 0.6) is 0 Å². The van der Waals surface area contributed by atoms with Crippen molar-refractivity contribution in [3.8, 4) is 6.07 Å². The molecule has 1 saturated heterocycles. The molecule has 7 heteroatoms. The van der Waals surface area contributed by atoms with Crippen LogP contribution in [0, 0.1) is 26.9 Å². The van der Waals surface area contributed by atoms with Crippen molar-refractivity contribution in [3.63, 3.8) is 0 Å². The second-order valence-electron chi connectivity index (χ2n) is 5.94. The molecule has 1 aliphatic heterocycles. The monoisotopic (exact) mass is 289 g/mol. The van der Waals surface area contributed by atoms with E-state index < -0.39 is 4.92 Å². The van der Waals surface area contributed by atoms with Crippen LogP contribution in [0.15, 0.2) is 12.3 Å². The van der Waals surface area contributed by atoms with E-state index in [-0.39, 0.29) is 22.7 Å². The highest BCUT2D eigenvalue weighted by atomic mass is 16.6. The lowest BCUT2D eigenvalue weighted by Crippen LogP contribution is -2.50. The Balaban J connectivity index is 2.09. The predicted octanol–water partition coefficient (Wildman–Crippen LogP) is 2.05. The number of rotatable bonds is 4. The molecule has 0 spiro atoms. The van der Waals surface area contributed by atoms with Crippen LogP contribution in [0.25, 0.3) is 0 Å². The Labute approximate surface area is 123 Å². The molecule has 2 N–H and O–H groups in total. The number of nitriles is 1. The van der Waals surface area contributed by atoms with Crippen LogP contribution < -0.4 is 10.6 Å². The molecule has 0 radical (unpaired) electrons. The van der Waals surface area contributed by atoms with Gasteiger partial charge in [-0.1, -0.05) is 13.8 Å². The van der Waals surface area contributed by atoms with Crippen LogP contribution in [0.4, 0.5) is 11.5 Å². The first-order chi connectivity index (χ1) is 9.94. The Bertz CT molecular complexity index is 579. The van der Waals surface area contributed by atoms with E-state index in [1.165, 1.54) is 12.3 Å². The molecule has 0 saturated carbocycles. The zero-order valence-electron chi connectivity index (χ0n) is 12.2. The van der Waals surface area contributed by atoms with Crippen molar-refractivity contribution >= 4 is 11.5 Å². The van der Waals surface area contributed by atoms with Gasteiger partial charge >= 0.3 is 0 Å². The molecular weight excluding hydrogens is 270 g/mol. The maximum atomic E-state index is 10.7. The smallest absolute Gasteiger partial charge is 0.289 e. The summed E-state index contributed by atoms with van der Waals surface area (Å²) < 4.78 is 0. The number of anilines is 1. The summed E-state index contributed by atoms with van der Waals surface area (Å²) in [6, 6.07) is 3.47. The first kappa shape index (κ1) is 15.2. The lowest BCUT2D eigenvalue weighted by molar-refractivity contribution is -0.385. The highest BCUT2D eigenvalue weighted by molar-refractivity contribution is 5.55. The van der Waals surface area contributed by atoms with Gasteiger partial charge in [-0.05, 0) is 24.8 Å². The third kappa shape index (κ3) is 3.47. The molecule has 1 unspecified atom stereocenters. The molecule has 7 nitrogen and oxygen atoms in total. The van der Waals surface area contributed by atoms with Gasteiger partial charge in [-0.3, -0.25) is 10.1 Å². The molecule has 2 heterocycles. The lowest BCUT2D eigenvalue weighted by atomic mass is 9.77. The van der Waals surface area contributed by atoms with E-state index in [1.807, 2.05) is 6.07 Å². The van der Waals surface area contributed by atoms with Crippen molar-refractivity contribution in [2.75, 3.05) is 18.4 Å². The van der Waals surface area contributed by atoms with Crippen LogP contribution in [0.2, 0.25) is 0 Å². The number of nitrogens with one attached hydrogen (secondary N) is 2. The van der Waals surface area contributed by atoms with Gasteiger partial charge in [0.25, 0.3) is 5.69 Å². The van der Waals surface area contributed by atoms with Gasteiger partial charge < -0.3 is 10.6 Å².